The van der Waals surface area contributed by atoms with E-state index in [1.54, 1.807) is 0 Å². The fourth-order valence-electron chi connectivity index (χ4n) is 2.28. The molecule has 0 aromatic heterocycles. The van der Waals surface area contributed by atoms with Gasteiger partial charge < -0.3 is 4.90 Å². The van der Waals surface area contributed by atoms with Crippen molar-refractivity contribution < 1.29 is 0 Å². The van der Waals surface area contributed by atoms with Gasteiger partial charge in [-0.3, -0.25) is 0 Å². The molecule has 1 aromatic carbocycles. The molecule has 0 radical (unpaired) electrons. The molecule has 0 bridgehead atoms. The Morgan fingerprint density at radius 1 is 1.50 bits per heavy atom. The maximum atomic E-state index is 9.03. The minimum Gasteiger partial charge on any atom is -0.373 e. The number of fused-ring (bicyclic) bond motifs is 1. The molecule has 1 unspecified atom stereocenters. The van der Waals surface area contributed by atoms with Crippen molar-refractivity contribution in [2.24, 2.45) is 5.92 Å². The highest BCUT2D eigenvalue weighted by Crippen LogP contribution is 2.32. The molecule has 1 heterocycles. The van der Waals surface area contributed by atoms with E-state index in [9.17, 15) is 0 Å². The van der Waals surface area contributed by atoms with Gasteiger partial charge in [0.25, 0.3) is 0 Å². The first kappa shape index (κ1) is 13.3. The molecule has 2 nitrogen and oxygen atoms in total. The first-order chi connectivity index (χ1) is 8.74. The Balaban J connectivity index is 2.11. The molecule has 0 aliphatic carbocycles. The molecular weight excluding hydrogens is 240 g/mol. The predicted octanol–water partition coefficient (Wildman–Crippen LogP) is 3.71. The molecule has 0 fully saturated rings. The highest BCUT2D eigenvalue weighted by molar-refractivity contribution is 7.99. The second-order valence-corrected chi connectivity index (χ2v) is 6.00. The van der Waals surface area contributed by atoms with E-state index in [0.29, 0.717) is 0 Å². The normalized spacial score (nSPS) is 15.6. The lowest BCUT2D eigenvalue weighted by Gasteiger charge is -2.24. The predicted molar refractivity (Wildman–Crippen MR) is 78.2 cm³/mol. The van der Waals surface area contributed by atoms with Crippen molar-refractivity contribution in [3.8, 4) is 6.07 Å². The van der Waals surface area contributed by atoms with E-state index in [1.807, 2.05) is 11.8 Å². The topological polar surface area (TPSA) is 27.0 Å². The SMILES string of the molecule is CCC(C#N)CN(C)c1ccc2c(c1)CCCS2. The average Bonchev–Trinajstić information content (AvgIpc) is 2.44. The Kier molecular flexibility index (Phi) is 4.54. The molecule has 0 saturated heterocycles. The zero-order chi connectivity index (χ0) is 13.0. The van der Waals surface area contributed by atoms with Crippen molar-refractivity contribution in [2.75, 3.05) is 24.2 Å². The highest BCUT2D eigenvalue weighted by atomic mass is 32.2. The molecule has 96 valence electrons. The summed E-state index contributed by atoms with van der Waals surface area (Å²) >= 11 is 1.96. The summed E-state index contributed by atoms with van der Waals surface area (Å²) in [6, 6.07) is 9.08. The summed E-state index contributed by atoms with van der Waals surface area (Å²) in [4.78, 5) is 3.64. The third-order valence-electron chi connectivity index (χ3n) is 3.50. The van der Waals surface area contributed by atoms with Crippen LogP contribution in [-0.4, -0.2) is 19.3 Å². The fourth-order valence-corrected chi connectivity index (χ4v) is 3.30. The average molecular weight is 260 g/mol. The molecule has 1 atom stereocenters. The first-order valence-corrected chi connectivity index (χ1v) is 7.59. The van der Waals surface area contributed by atoms with Crippen molar-refractivity contribution in [3.63, 3.8) is 0 Å². The molecule has 1 aliphatic rings. The summed E-state index contributed by atoms with van der Waals surface area (Å²) in [7, 11) is 2.08. The third-order valence-corrected chi connectivity index (χ3v) is 4.70. The number of hydrogen-bond acceptors (Lipinski definition) is 3. The van der Waals surface area contributed by atoms with E-state index < -0.39 is 0 Å². The molecule has 2 rings (SSSR count). The maximum absolute atomic E-state index is 9.03. The molecule has 0 amide bonds. The van der Waals surface area contributed by atoms with Crippen LogP contribution in [0, 0.1) is 17.2 Å². The number of aryl methyl sites for hydroxylation is 1. The summed E-state index contributed by atoms with van der Waals surface area (Å²) in [5.41, 5.74) is 2.71. The van der Waals surface area contributed by atoms with Crippen molar-refractivity contribution in [1.82, 2.24) is 0 Å². The van der Waals surface area contributed by atoms with Crippen LogP contribution in [0.25, 0.3) is 0 Å². The van der Waals surface area contributed by atoms with E-state index in [2.05, 4.69) is 43.1 Å². The molecule has 0 N–H and O–H groups in total. The number of nitriles is 1. The molecule has 3 heteroatoms. The smallest absolute Gasteiger partial charge is 0.0674 e. The van der Waals surface area contributed by atoms with Gasteiger partial charge in [-0.15, -0.1) is 11.8 Å². The molecule has 18 heavy (non-hydrogen) atoms. The van der Waals surface area contributed by atoms with Crippen molar-refractivity contribution >= 4 is 17.4 Å². The Morgan fingerprint density at radius 3 is 3.06 bits per heavy atom. The minimum absolute atomic E-state index is 0.125. The lowest BCUT2D eigenvalue weighted by Crippen LogP contribution is -2.24. The Hall–Kier alpha value is -1.14. The van der Waals surface area contributed by atoms with E-state index in [-0.39, 0.29) is 5.92 Å². The van der Waals surface area contributed by atoms with Crippen LogP contribution in [0.15, 0.2) is 23.1 Å². The van der Waals surface area contributed by atoms with E-state index in [4.69, 9.17) is 5.26 Å². The minimum atomic E-state index is 0.125. The zero-order valence-corrected chi connectivity index (χ0v) is 12.0. The van der Waals surface area contributed by atoms with Gasteiger partial charge in [0.1, 0.15) is 0 Å². The van der Waals surface area contributed by atoms with E-state index >= 15 is 0 Å². The van der Waals surface area contributed by atoms with Gasteiger partial charge in [-0.1, -0.05) is 6.92 Å². The van der Waals surface area contributed by atoms with Gasteiger partial charge in [-0.25, -0.2) is 0 Å². The van der Waals surface area contributed by atoms with Gasteiger partial charge in [0.15, 0.2) is 0 Å². The lowest BCUT2D eigenvalue weighted by molar-refractivity contribution is 0.631. The van der Waals surface area contributed by atoms with E-state index in [0.717, 1.165) is 13.0 Å². The van der Waals surface area contributed by atoms with Crippen LogP contribution in [0.2, 0.25) is 0 Å². The molecule has 1 aliphatic heterocycles. The number of thioether (sulfide) groups is 1. The Morgan fingerprint density at radius 2 is 2.33 bits per heavy atom. The van der Waals surface area contributed by atoms with Crippen molar-refractivity contribution in [1.29, 1.82) is 5.26 Å². The van der Waals surface area contributed by atoms with Gasteiger partial charge in [0.2, 0.25) is 0 Å². The second kappa shape index (κ2) is 6.15. The van der Waals surface area contributed by atoms with Crippen LogP contribution in [0.1, 0.15) is 25.3 Å². The quantitative estimate of drug-likeness (QED) is 0.825. The number of nitrogens with zero attached hydrogens (tertiary/aromatic N) is 2. The number of hydrogen-bond donors (Lipinski definition) is 0. The molecule has 0 spiro atoms. The lowest BCUT2D eigenvalue weighted by atomic mass is 10.1. The molecular formula is C15H20N2S. The van der Waals surface area contributed by atoms with Crippen molar-refractivity contribution in [2.45, 2.75) is 31.1 Å². The molecule has 0 saturated carbocycles. The van der Waals surface area contributed by atoms with Crippen LogP contribution < -0.4 is 4.90 Å². The number of benzene rings is 1. The van der Waals surface area contributed by atoms with Crippen molar-refractivity contribution in [3.05, 3.63) is 23.8 Å². The van der Waals surface area contributed by atoms with Gasteiger partial charge in [0.05, 0.1) is 12.0 Å². The van der Waals surface area contributed by atoms with Gasteiger partial charge in [0, 0.05) is 24.2 Å². The van der Waals surface area contributed by atoms with Gasteiger partial charge >= 0.3 is 0 Å². The van der Waals surface area contributed by atoms with Crippen LogP contribution >= 0.6 is 11.8 Å². The van der Waals surface area contributed by atoms with Gasteiger partial charge in [-0.05, 0) is 48.8 Å². The molecule has 1 aromatic rings. The summed E-state index contributed by atoms with van der Waals surface area (Å²) in [6.45, 7) is 2.89. The van der Waals surface area contributed by atoms with Crippen LogP contribution in [0.3, 0.4) is 0 Å². The summed E-state index contributed by atoms with van der Waals surface area (Å²) in [5, 5.41) is 9.03. The maximum Gasteiger partial charge on any atom is 0.0674 e. The summed E-state index contributed by atoms with van der Waals surface area (Å²) in [5.74, 6) is 1.37. The number of anilines is 1. The Labute approximate surface area is 114 Å². The summed E-state index contributed by atoms with van der Waals surface area (Å²) < 4.78 is 0. The van der Waals surface area contributed by atoms with Gasteiger partial charge in [-0.2, -0.15) is 5.26 Å². The first-order valence-electron chi connectivity index (χ1n) is 6.61. The number of rotatable bonds is 4. The monoisotopic (exact) mass is 260 g/mol. The zero-order valence-electron chi connectivity index (χ0n) is 11.1. The van der Waals surface area contributed by atoms with Crippen LogP contribution in [0.5, 0.6) is 0 Å². The highest BCUT2D eigenvalue weighted by Gasteiger charge is 2.13. The van der Waals surface area contributed by atoms with Crippen LogP contribution in [-0.2, 0) is 6.42 Å². The standard InChI is InChI=1S/C15H20N2S/c1-3-12(10-16)11-17(2)14-6-7-15-13(9-14)5-4-8-18-15/h6-7,9,12H,3-5,8,11H2,1-2H3. The Bertz CT molecular complexity index is 450. The second-order valence-electron chi connectivity index (χ2n) is 4.86. The third kappa shape index (κ3) is 3.00. The van der Waals surface area contributed by atoms with Crippen LogP contribution in [0.4, 0.5) is 5.69 Å². The summed E-state index contributed by atoms with van der Waals surface area (Å²) in [6.07, 6.45) is 3.39. The fraction of sp³-hybridized carbons (Fsp3) is 0.533. The largest absolute Gasteiger partial charge is 0.373 e. The van der Waals surface area contributed by atoms with E-state index in [1.165, 1.54) is 34.7 Å².